The first-order valence-electron chi connectivity index (χ1n) is 11.8. The summed E-state index contributed by atoms with van der Waals surface area (Å²) in [5.74, 6) is -0.272. The maximum absolute atomic E-state index is 13.4. The zero-order valence-corrected chi connectivity index (χ0v) is 21.5. The lowest BCUT2D eigenvalue weighted by Crippen LogP contribution is -2.29. The summed E-state index contributed by atoms with van der Waals surface area (Å²) in [5, 5.41) is 11.4. The van der Waals surface area contributed by atoms with Gasteiger partial charge in [0.2, 0.25) is 0 Å². The van der Waals surface area contributed by atoms with Gasteiger partial charge in [0.15, 0.2) is 11.5 Å². The number of hydrogen-bond donors (Lipinski definition) is 1. The van der Waals surface area contributed by atoms with Crippen molar-refractivity contribution in [1.29, 1.82) is 0 Å². The Hall–Kier alpha value is -4.46. The number of Topliss-reactive ketones (excluding diaryl/α,β-unsaturated/α-hetero) is 1. The van der Waals surface area contributed by atoms with Crippen molar-refractivity contribution in [1.82, 2.24) is 0 Å². The van der Waals surface area contributed by atoms with Crippen molar-refractivity contribution in [3.8, 4) is 17.2 Å². The molecule has 3 aromatic carbocycles. The van der Waals surface area contributed by atoms with Crippen LogP contribution < -0.4 is 24.0 Å². The Bertz CT molecular complexity index is 1330. The number of hydrogen-bond acceptors (Lipinski definition) is 7. The molecule has 192 valence electrons. The number of ether oxygens (including phenoxy) is 3. The summed E-state index contributed by atoms with van der Waals surface area (Å²) in [5.41, 5.74) is 2.45. The summed E-state index contributed by atoms with van der Waals surface area (Å²) in [6.07, 6.45) is 0. The first-order chi connectivity index (χ1) is 17.8. The molecule has 1 amide bonds. The molecule has 0 radical (unpaired) electrons. The number of anilines is 2. The van der Waals surface area contributed by atoms with Crippen molar-refractivity contribution in [2.75, 3.05) is 44.7 Å². The third-order valence-electron chi connectivity index (χ3n) is 6.25. The zero-order chi connectivity index (χ0) is 26.7. The summed E-state index contributed by atoms with van der Waals surface area (Å²) in [4.78, 5) is 30.2. The molecule has 1 unspecified atom stereocenters. The van der Waals surface area contributed by atoms with E-state index < -0.39 is 17.7 Å². The summed E-state index contributed by atoms with van der Waals surface area (Å²) in [6, 6.07) is 18.5. The van der Waals surface area contributed by atoms with E-state index in [9.17, 15) is 14.7 Å². The number of aliphatic hydroxyl groups excluding tert-OH is 1. The van der Waals surface area contributed by atoms with Crippen molar-refractivity contribution >= 4 is 28.8 Å². The van der Waals surface area contributed by atoms with Crippen LogP contribution in [0.2, 0.25) is 0 Å². The number of ketones is 1. The second kappa shape index (κ2) is 10.7. The van der Waals surface area contributed by atoms with E-state index in [0.29, 0.717) is 40.7 Å². The van der Waals surface area contributed by atoms with Crippen molar-refractivity contribution in [3.63, 3.8) is 0 Å². The summed E-state index contributed by atoms with van der Waals surface area (Å²) in [7, 11) is 6.84. The van der Waals surface area contributed by atoms with Crippen LogP contribution in [0.1, 0.15) is 24.1 Å². The summed E-state index contributed by atoms with van der Waals surface area (Å²) in [6.45, 7) is 2.40. The average Bonchev–Trinajstić information content (AvgIpc) is 3.18. The fourth-order valence-corrected chi connectivity index (χ4v) is 4.38. The molecule has 3 aromatic rings. The van der Waals surface area contributed by atoms with E-state index in [4.69, 9.17) is 14.2 Å². The number of aliphatic hydroxyl groups is 1. The largest absolute Gasteiger partial charge is 0.507 e. The first kappa shape index (κ1) is 25.6. The number of nitrogens with zero attached hydrogens (tertiary/aromatic N) is 2. The standard InChI is InChI=1S/C29H30N2O6/c1-6-37-22-14-7-18(8-15-22)26-25(27(32)19-9-16-23(35-4)24(17-19)36-5)28(33)29(34)31(26)21-12-10-20(11-13-21)30(2)3/h7-17,26,32H,6H2,1-5H3/b27-25-. The molecule has 1 N–H and O–H groups in total. The number of carbonyl (C=O) groups excluding carboxylic acids is 2. The van der Waals surface area contributed by atoms with Crippen LogP contribution in [0.25, 0.3) is 5.76 Å². The maximum atomic E-state index is 13.4. The summed E-state index contributed by atoms with van der Waals surface area (Å²) < 4.78 is 16.2. The minimum atomic E-state index is -0.853. The van der Waals surface area contributed by atoms with Gasteiger partial charge in [0, 0.05) is 31.0 Å². The van der Waals surface area contributed by atoms with Crippen LogP contribution >= 0.6 is 0 Å². The van der Waals surface area contributed by atoms with Crippen LogP contribution in [-0.4, -0.2) is 51.7 Å². The zero-order valence-electron chi connectivity index (χ0n) is 21.5. The highest BCUT2D eigenvalue weighted by Gasteiger charge is 2.47. The van der Waals surface area contributed by atoms with Crippen LogP contribution in [0.15, 0.2) is 72.3 Å². The quantitative estimate of drug-likeness (QED) is 0.269. The molecule has 0 saturated carbocycles. The lowest BCUT2D eigenvalue weighted by Gasteiger charge is -2.26. The van der Waals surface area contributed by atoms with Crippen molar-refractivity contribution in [2.45, 2.75) is 13.0 Å². The van der Waals surface area contributed by atoms with Gasteiger partial charge < -0.3 is 24.2 Å². The molecule has 0 aliphatic carbocycles. The maximum Gasteiger partial charge on any atom is 0.300 e. The summed E-state index contributed by atoms with van der Waals surface area (Å²) >= 11 is 0. The Morgan fingerprint density at radius 2 is 1.57 bits per heavy atom. The molecular formula is C29H30N2O6. The smallest absolute Gasteiger partial charge is 0.300 e. The molecule has 1 aliphatic heterocycles. The van der Waals surface area contributed by atoms with E-state index in [1.165, 1.54) is 19.1 Å². The number of amides is 1. The molecule has 1 aliphatic rings. The molecule has 0 aromatic heterocycles. The highest BCUT2D eigenvalue weighted by atomic mass is 16.5. The van der Waals surface area contributed by atoms with Gasteiger partial charge in [-0.1, -0.05) is 12.1 Å². The topological polar surface area (TPSA) is 88.5 Å². The molecule has 0 bridgehead atoms. The molecule has 1 saturated heterocycles. The fourth-order valence-electron chi connectivity index (χ4n) is 4.38. The van der Waals surface area contributed by atoms with Crippen molar-refractivity contribution in [2.24, 2.45) is 0 Å². The van der Waals surface area contributed by atoms with Crippen LogP contribution in [0.3, 0.4) is 0 Å². The number of methoxy groups -OCH3 is 2. The predicted molar refractivity (Wildman–Crippen MR) is 143 cm³/mol. The monoisotopic (exact) mass is 502 g/mol. The van der Waals surface area contributed by atoms with Crippen molar-refractivity contribution < 1.29 is 28.9 Å². The van der Waals surface area contributed by atoms with Gasteiger partial charge in [0.1, 0.15) is 11.5 Å². The molecule has 1 atom stereocenters. The van der Waals surface area contributed by atoms with Crippen LogP contribution in [0.5, 0.6) is 17.2 Å². The number of benzene rings is 3. The highest BCUT2D eigenvalue weighted by Crippen LogP contribution is 2.43. The van der Waals surface area contributed by atoms with Crippen LogP contribution in [0.4, 0.5) is 11.4 Å². The molecule has 8 nitrogen and oxygen atoms in total. The molecule has 4 rings (SSSR count). The molecule has 8 heteroatoms. The Balaban J connectivity index is 1.89. The average molecular weight is 503 g/mol. The first-order valence-corrected chi connectivity index (χ1v) is 11.8. The Kier molecular flexibility index (Phi) is 7.38. The van der Waals surface area contributed by atoms with Gasteiger partial charge in [-0.3, -0.25) is 14.5 Å². The third kappa shape index (κ3) is 4.82. The Morgan fingerprint density at radius 1 is 0.919 bits per heavy atom. The predicted octanol–water partition coefficient (Wildman–Crippen LogP) is 4.79. The number of carbonyl (C=O) groups is 2. The minimum absolute atomic E-state index is 0.0157. The van der Waals surface area contributed by atoms with Crippen molar-refractivity contribution in [3.05, 3.63) is 83.4 Å². The Labute approximate surface area is 216 Å². The third-order valence-corrected chi connectivity index (χ3v) is 6.25. The second-order valence-electron chi connectivity index (χ2n) is 8.65. The van der Waals surface area contributed by atoms with Gasteiger partial charge in [0.05, 0.1) is 32.4 Å². The second-order valence-corrected chi connectivity index (χ2v) is 8.65. The van der Waals surface area contributed by atoms with Crippen LogP contribution in [0, 0.1) is 0 Å². The SMILES string of the molecule is CCOc1ccc(C2/C(=C(/O)c3ccc(OC)c(OC)c3)C(=O)C(=O)N2c2ccc(N(C)C)cc2)cc1. The Morgan fingerprint density at radius 3 is 2.14 bits per heavy atom. The van der Waals surface area contributed by atoms with Gasteiger partial charge in [-0.05, 0) is 67.1 Å². The molecule has 1 fully saturated rings. The lowest BCUT2D eigenvalue weighted by atomic mass is 9.95. The van der Waals surface area contributed by atoms with Gasteiger partial charge in [-0.2, -0.15) is 0 Å². The molecular weight excluding hydrogens is 472 g/mol. The van der Waals surface area contributed by atoms with Gasteiger partial charge >= 0.3 is 0 Å². The normalized spacial score (nSPS) is 16.6. The van der Waals surface area contributed by atoms with Gasteiger partial charge in [-0.15, -0.1) is 0 Å². The van der Waals surface area contributed by atoms with E-state index in [-0.39, 0.29) is 11.3 Å². The minimum Gasteiger partial charge on any atom is -0.507 e. The molecule has 0 spiro atoms. The molecule has 37 heavy (non-hydrogen) atoms. The van der Waals surface area contributed by atoms with Gasteiger partial charge in [-0.25, -0.2) is 0 Å². The van der Waals surface area contributed by atoms with E-state index in [0.717, 1.165) is 5.69 Å². The van der Waals surface area contributed by atoms with Crippen LogP contribution in [-0.2, 0) is 9.59 Å². The van der Waals surface area contributed by atoms with E-state index in [2.05, 4.69) is 0 Å². The number of rotatable bonds is 8. The van der Waals surface area contributed by atoms with E-state index in [1.807, 2.05) is 38.1 Å². The van der Waals surface area contributed by atoms with Gasteiger partial charge in [0.25, 0.3) is 11.7 Å². The fraction of sp³-hybridized carbons (Fsp3) is 0.241. The molecule has 1 heterocycles. The van der Waals surface area contributed by atoms with E-state index in [1.54, 1.807) is 54.6 Å². The highest BCUT2D eigenvalue weighted by molar-refractivity contribution is 6.51. The van der Waals surface area contributed by atoms with E-state index >= 15 is 0 Å². The lowest BCUT2D eigenvalue weighted by molar-refractivity contribution is -0.132.